The van der Waals surface area contributed by atoms with Gasteiger partial charge in [0.15, 0.2) is 0 Å². The number of carboxylic acid groups (broad SMARTS) is 2. The molecule has 6 atom stereocenters. The van der Waals surface area contributed by atoms with Gasteiger partial charge in [-0.05, 0) is 47.8 Å². The summed E-state index contributed by atoms with van der Waals surface area (Å²) in [7, 11) is 0. The van der Waals surface area contributed by atoms with E-state index in [1.54, 1.807) is 70.2 Å². The number of rotatable bonds is 26. The topological polar surface area (TPSA) is 309 Å². The molecule has 2 aromatic carbocycles. The lowest BCUT2D eigenvalue weighted by molar-refractivity contribution is -0.142. The van der Waals surface area contributed by atoms with Crippen LogP contribution in [0.25, 0.3) is 0 Å². The summed E-state index contributed by atoms with van der Waals surface area (Å²) in [6.45, 7) is 12.3. The molecule has 2 aromatic rings. The van der Waals surface area contributed by atoms with Gasteiger partial charge < -0.3 is 47.8 Å². The second-order valence-electron chi connectivity index (χ2n) is 17.1. The van der Waals surface area contributed by atoms with E-state index < -0.39 is 120 Å². The van der Waals surface area contributed by atoms with Crippen molar-refractivity contribution in [3.8, 4) is 0 Å². The van der Waals surface area contributed by atoms with Crippen molar-refractivity contribution in [2.75, 3.05) is 0 Å². The molecule has 0 unspecified atom stereocenters. The van der Waals surface area contributed by atoms with Gasteiger partial charge in [0.25, 0.3) is 5.91 Å². The van der Waals surface area contributed by atoms with Crippen LogP contribution in [-0.2, 0) is 54.4 Å². The molecule has 350 valence electrons. The lowest BCUT2D eigenvalue weighted by Gasteiger charge is -2.34. The highest BCUT2D eigenvalue weighted by molar-refractivity contribution is 6.37. The summed E-state index contributed by atoms with van der Waals surface area (Å²) < 4.78 is 0. The van der Waals surface area contributed by atoms with Crippen molar-refractivity contribution in [3.63, 3.8) is 0 Å². The van der Waals surface area contributed by atoms with Crippen LogP contribution in [0.1, 0.15) is 109 Å². The first-order valence-corrected chi connectivity index (χ1v) is 21.1. The van der Waals surface area contributed by atoms with E-state index in [0.717, 1.165) is 5.56 Å². The number of unbranched alkanes of at least 4 members (excludes halogenated alkanes) is 1. The van der Waals surface area contributed by atoms with Gasteiger partial charge in [-0.15, -0.1) is 0 Å². The molecule has 2 rings (SSSR count). The van der Waals surface area contributed by atoms with E-state index in [9.17, 15) is 53.1 Å². The molecule has 0 spiro atoms. The fourth-order valence-corrected chi connectivity index (χ4v) is 6.58. The molecule has 0 aromatic heterocycles. The zero-order valence-corrected chi connectivity index (χ0v) is 37.4. The summed E-state index contributed by atoms with van der Waals surface area (Å²) in [5.41, 5.74) is 5.86. The quantitative estimate of drug-likeness (QED) is 0.0607. The fraction of sp³-hybridized carbons (Fsp3) is 0.511. The van der Waals surface area contributed by atoms with Crippen molar-refractivity contribution in [1.82, 2.24) is 31.9 Å². The molecule has 0 fully saturated rings. The standard InChI is InChI=1S/C45H63N7O12/c1-8-9-19-29(37(58)39(46)59)48-40(60)30(22-25(2)3)50-44(64)38(45(5,6)7)52-42(62)31(23-28-18-14-13-15-26(28)4)49-43(63)36(27-16-11-10-12-17-27)51-41(61)32(24-35(56)57)47-33(53)20-21-34(54)55/h10-18,25,29-32,36,38H,8-9,19-24H2,1-7H3,(H2,46,59)(H,47,53)(H,48,60)(H,49,63)(H,50,64)(H,51,61)(H,52,62)(H,54,55)(H,56,57)/t29-,30-,31-,32-,36+,38+/m0/s1. The first kappa shape index (κ1) is 53.5. The monoisotopic (exact) mass is 893 g/mol. The van der Waals surface area contributed by atoms with Gasteiger partial charge in [0.05, 0.1) is 18.9 Å². The highest BCUT2D eigenvalue weighted by atomic mass is 16.4. The SMILES string of the molecule is CCCC[C@H](NC(=O)[C@H](CC(C)C)NC(=O)[C@@H](NC(=O)[C@H](Cc1ccccc1C)NC(=O)[C@H](NC(=O)[C@H](CC(=O)O)NC(=O)CCC(=O)O)c1ccccc1)C(C)(C)C)C(=O)C(N)=O. The lowest BCUT2D eigenvalue weighted by atomic mass is 9.85. The molecule has 0 bridgehead atoms. The molecule has 0 aliphatic heterocycles. The van der Waals surface area contributed by atoms with E-state index in [1.807, 2.05) is 20.8 Å². The Bertz CT molecular complexity index is 2000. The summed E-state index contributed by atoms with van der Waals surface area (Å²) in [6, 6.07) is 6.39. The van der Waals surface area contributed by atoms with Crippen LogP contribution in [0.3, 0.4) is 0 Å². The number of hydrogen-bond acceptors (Lipinski definition) is 10. The molecule has 64 heavy (non-hydrogen) atoms. The van der Waals surface area contributed by atoms with Crippen molar-refractivity contribution in [2.24, 2.45) is 17.1 Å². The number of nitrogens with two attached hydrogens (primary N) is 1. The van der Waals surface area contributed by atoms with Gasteiger partial charge in [0.2, 0.25) is 41.2 Å². The average molecular weight is 894 g/mol. The Morgan fingerprint density at radius 1 is 0.641 bits per heavy atom. The third-order valence-corrected chi connectivity index (χ3v) is 10.1. The van der Waals surface area contributed by atoms with Gasteiger partial charge >= 0.3 is 11.9 Å². The molecule has 0 aliphatic carbocycles. The first-order valence-electron chi connectivity index (χ1n) is 21.1. The number of Topliss-reactive ketones (excluding diaryl/α,β-unsaturated/α-hetero) is 1. The van der Waals surface area contributed by atoms with Gasteiger partial charge in [-0.3, -0.25) is 47.9 Å². The van der Waals surface area contributed by atoms with Crippen LogP contribution in [0, 0.1) is 18.3 Å². The molecular weight excluding hydrogens is 831 g/mol. The molecule has 19 heteroatoms. The minimum Gasteiger partial charge on any atom is -0.481 e. The molecule has 0 saturated heterocycles. The van der Waals surface area contributed by atoms with Gasteiger partial charge in [-0.2, -0.15) is 0 Å². The highest BCUT2D eigenvalue weighted by Crippen LogP contribution is 2.22. The zero-order chi connectivity index (χ0) is 48.3. The Morgan fingerprint density at radius 3 is 1.75 bits per heavy atom. The molecular formula is C45H63N7O12. The number of primary amides is 1. The van der Waals surface area contributed by atoms with Gasteiger partial charge in [-0.1, -0.05) is 109 Å². The van der Waals surface area contributed by atoms with Crippen molar-refractivity contribution in [2.45, 2.75) is 136 Å². The number of aliphatic carboxylic acids is 2. The smallest absolute Gasteiger partial charge is 0.305 e. The Morgan fingerprint density at radius 2 is 1.20 bits per heavy atom. The van der Waals surface area contributed by atoms with Gasteiger partial charge in [0, 0.05) is 12.8 Å². The predicted octanol–water partition coefficient (Wildman–Crippen LogP) is 1.50. The maximum absolute atomic E-state index is 14.5. The summed E-state index contributed by atoms with van der Waals surface area (Å²) in [5.74, 6) is -10.4. The van der Waals surface area contributed by atoms with Crippen molar-refractivity contribution in [3.05, 3.63) is 71.3 Å². The number of benzene rings is 2. The van der Waals surface area contributed by atoms with Crippen LogP contribution in [-0.4, -0.2) is 99.5 Å². The molecule has 0 radical (unpaired) electrons. The predicted molar refractivity (Wildman–Crippen MR) is 234 cm³/mol. The van der Waals surface area contributed by atoms with E-state index in [1.165, 1.54) is 12.1 Å². The van der Waals surface area contributed by atoms with Crippen LogP contribution in [0.4, 0.5) is 0 Å². The molecule has 0 heterocycles. The zero-order valence-electron chi connectivity index (χ0n) is 37.4. The van der Waals surface area contributed by atoms with Crippen molar-refractivity contribution >= 4 is 59.1 Å². The molecule has 19 nitrogen and oxygen atoms in total. The van der Waals surface area contributed by atoms with Crippen LogP contribution in [0.2, 0.25) is 0 Å². The van der Waals surface area contributed by atoms with E-state index in [4.69, 9.17) is 10.8 Å². The summed E-state index contributed by atoms with van der Waals surface area (Å²) in [5, 5.41) is 33.9. The van der Waals surface area contributed by atoms with Crippen LogP contribution < -0.4 is 37.6 Å². The highest BCUT2D eigenvalue weighted by Gasteiger charge is 2.39. The number of carboxylic acids is 2. The van der Waals surface area contributed by atoms with E-state index >= 15 is 0 Å². The maximum Gasteiger partial charge on any atom is 0.305 e. The third-order valence-electron chi connectivity index (χ3n) is 10.1. The van der Waals surface area contributed by atoms with Gasteiger partial charge in [0.1, 0.15) is 30.2 Å². The van der Waals surface area contributed by atoms with E-state index in [2.05, 4.69) is 31.9 Å². The summed E-state index contributed by atoms with van der Waals surface area (Å²) in [6.07, 6.45) is -0.726. The molecule has 7 amide bonds. The Hall–Kier alpha value is -6.66. The minimum absolute atomic E-state index is 0.106. The van der Waals surface area contributed by atoms with Crippen LogP contribution in [0.5, 0.6) is 0 Å². The number of carbonyl (C=O) groups is 10. The van der Waals surface area contributed by atoms with Crippen LogP contribution in [0.15, 0.2) is 54.6 Å². The molecule has 0 aliphatic rings. The average Bonchev–Trinajstić information content (AvgIpc) is 3.21. The number of amides is 7. The van der Waals surface area contributed by atoms with Crippen molar-refractivity contribution < 1.29 is 58.2 Å². The van der Waals surface area contributed by atoms with Crippen molar-refractivity contribution in [1.29, 1.82) is 0 Å². The fourth-order valence-electron chi connectivity index (χ4n) is 6.58. The molecule has 0 saturated carbocycles. The van der Waals surface area contributed by atoms with Crippen LogP contribution >= 0.6 is 0 Å². The molecule has 10 N–H and O–H groups in total. The van der Waals surface area contributed by atoms with E-state index in [-0.39, 0.29) is 30.7 Å². The third kappa shape index (κ3) is 18.0. The number of carbonyl (C=O) groups excluding carboxylic acids is 8. The first-order chi connectivity index (χ1) is 29.9. The number of hydrogen-bond donors (Lipinski definition) is 9. The summed E-state index contributed by atoms with van der Waals surface area (Å²) >= 11 is 0. The largest absolute Gasteiger partial charge is 0.481 e. The number of nitrogens with one attached hydrogen (secondary N) is 6. The second-order valence-corrected chi connectivity index (χ2v) is 17.1. The second kappa shape index (κ2) is 25.4. The number of ketones is 1. The Labute approximate surface area is 372 Å². The summed E-state index contributed by atoms with van der Waals surface area (Å²) in [4.78, 5) is 130. The maximum atomic E-state index is 14.5. The minimum atomic E-state index is -1.72. The normalized spacial score (nSPS) is 14.0. The number of aryl methyl sites for hydroxylation is 1. The van der Waals surface area contributed by atoms with Gasteiger partial charge in [-0.25, -0.2) is 0 Å². The van der Waals surface area contributed by atoms with E-state index in [0.29, 0.717) is 18.4 Å². The Kier molecular flexibility index (Phi) is 21.3. The lowest BCUT2D eigenvalue weighted by Crippen LogP contribution is -2.62. The Balaban J connectivity index is 2.54.